The highest BCUT2D eigenvalue weighted by atomic mass is 35.5. The summed E-state index contributed by atoms with van der Waals surface area (Å²) < 4.78 is 48.8. The summed E-state index contributed by atoms with van der Waals surface area (Å²) in [5.74, 6) is 1.27. The van der Waals surface area contributed by atoms with Crippen molar-refractivity contribution in [3.63, 3.8) is 0 Å². The monoisotopic (exact) mass is 413 g/mol. The lowest BCUT2D eigenvalue weighted by atomic mass is 10.1. The molecule has 0 radical (unpaired) electrons. The number of amides is 1. The van der Waals surface area contributed by atoms with Gasteiger partial charge in [0.1, 0.15) is 5.82 Å². The van der Waals surface area contributed by atoms with Crippen LogP contribution in [0.5, 0.6) is 11.5 Å². The molecule has 10 heteroatoms. The molecule has 0 saturated carbocycles. The zero-order chi connectivity index (χ0) is 19.9. The molecule has 28 heavy (non-hydrogen) atoms. The zero-order valence-corrected chi connectivity index (χ0v) is 15.3. The maximum absolute atomic E-state index is 12.8. The molecule has 0 N–H and O–H groups in total. The Morgan fingerprint density at radius 3 is 2.46 bits per heavy atom. The number of aromatic nitrogens is 1. The van der Waals surface area contributed by atoms with Crippen LogP contribution in [0.25, 0.3) is 0 Å². The van der Waals surface area contributed by atoms with Crippen LogP contribution in [-0.2, 0) is 6.18 Å². The number of rotatable bonds is 2. The highest BCUT2D eigenvalue weighted by Crippen LogP contribution is 2.34. The minimum Gasteiger partial charge on any atom is -0.454 e. The number of halogens is 4. The molecule has 1 amide bonds. The summed E-state index contributed by atoms with van der Waals surface area (Å²) in [7, 11) is 0. The van der Waals surface area contributed by atoms with E-state index in [1.165, 1.54) is 0 Å². The standard InChI is InChI=1S/C18H15ClF3N3O3/c19-13-8-12(18(20,21)22)9-23-16(13)24-3-5-25(6-4-24)17(26)11-1-2-14-15(7-11)28-10-27-14/h1-2,7-9H,3-6,10H2. The van der Waals surface area contributed by atoms with Gasteiger partial charge < -0.3 is 19.3 Å². The Labute approximate surface area is 163 Å². The third-order valence-corrected chi connectivity index (χ3v) is 4.91. The van der Waals surface area contributed by atoms with Crippen molar-refractivity contribution in [2.24, 2.45) is 0 Å². The fraction of sp³-hybridized carbons (Fsp3) is 0.333. The summed E-state index contributed by atoms with van der Waals surface area (Å²) in [4.78, 5) is 20.0. The van der Waals surface area contributed by atoms with Crippen molar-refractivity contribution in [3.05, 3.63) is 46.6 Å². The van der Waals surface area contributed by atoms with Crippen molar-refractivity contribution in [2.45, 2.75) is 6.18 Å². The number of alkyl halides is 3. The summed E-state index contributed by atoms with van der Waals surface area (Å²) >= 11 is 6.01. The van der Waals surface area contributed by atoms with Crippen molar-refractivity contribution in [1.29, 1.82) is 0 Å². The van der Waals surface area contributed by atoms with E-state index in [9.17, 15) is 18.0 Å². The average molecular weight is 414 g/mol. The summed E-state index contributed by atoms with van der Waals surface area (Å²) in [6.45, 7) is 1.74. The molecule has 6 nitrogen and oxygen atoms in total. The molecule has 0 bridgehead atoms. The number of benzene rings is 1. The maximum Gasteiger partial charge on any atom is 0.417 e. The van der Waals surface area contributed by atoms with Gasteiger partial charge in [0.2, 0.25) is 6.79 Å². The number of ether oxygens (including phenoxy) is 2. The first-order chi connectivity index (χ1) is 13.3. The first kappa shape index (κ1) is 18.7. The fourth-order valence-corrected chi connectivity index (χ4v) is 3.44. The van der Waals surface area contributed by atoms with E-state index >= 15 is 0 Å². The van der Waals surface area contributed by atoms with Crippen LogP contribution < -0.4 is 14.4 Å². The normalized spacial score (nSPS) is 16.4. The topological polar surface area (TPSA) is 54.9 Å². The molecule has 2 aliphatic rings. The Morgan fingerprint density at radius 1 is 1.07 bits per heavy atom. The SMILES string of the molecule is O=C(c1ccc2c(c1)OCO2)N1CCN(c2ncc(C(F)(F)F)cc2Cl)CC1. The van der Waals surface area contributed by atoms with Crippen LogP contribution in [0.15, 0.2) is 30.5 Å². The zero-order valence-electron chi connectivity index (χ0n) is 14.5. The molecule has 1 aromatic heterocycles. The minimum atomic E-state index is -4.50. The molecule has 0 unspecified atom stereocenters. The van der Waals surface area contributed by atoms with E-state index in [4.69, 9.17) is 21.1 Å². The summed E-state index contributed by atoms with van der Waals surface area (Å²) in [6, 6.07) is 5.88. The van der Waals surface area contributed by atoms with Gasteiger partial charge in [-0.1, -0.05) is 11.6 Å². The highest BCUT2D eigenvalue weighted by Gasteiger charge is 2.32. The Kier molecular flexibility index (Phi) is 4.70. The quantitative estimate of drug-likeness (QED) is 0.755. The smallest absolute Gasteiger partial charge is 0.417 e. The Morgan fingerprint density at radius 2 is 1.79 bits per heavy atom. The second-order valence-corrected chi connectivity index (χ2v) is 6.78. The molecule has 4 rings (SSSR count). The van der Waals surface area contributed by atoms with Gasteiger partial charge in [0.05, 0.1) is 10.6 Å². The number of pyridine rings is 1. The van der Waals surface area contributed by atoms with E-state index in [0.717, 1.165) is 12.3 Å². The minimum absolute atomic E-state index is 0.0645. The molecule has 1 aromatic carbocycles. The van der Waals surface area contributed by atoms with Gasteiger partial charge >= 0.3 is 6.18 Å². The van der Waals surface area contributed by atoms with Gasteiger partial charge in [0.25, 0.3) is 5.91 Å². The third-order valence-electron chi connectivity index (χ3n) is 4.64. The number of hydrogen-bond donors (Lipinski definition) is 0. The van der Waals surface area contributed by atoms with E-state index in [1.54, 1.807) is 28.0 Å². The number of carbonyl (C=O) groups excluding carboxylic acids is 1. The van der Waals surface area contributed by atoms with Crippen molar-refractivity contribution < 1.29 is 27.4 Å². The van der Waals surface area contributed by atoms with Crippen LogP contribution in [0, 0.1) is 0 Å². The number of nitrogens with zero attached hydrogens (tertiary/aromatic N) is 3. The molecule has 0 aliphatic carbocycles. The van der Waals surface area contributed by atoms with E-state index in [2.05, 4.69) is 4.98 Å². The predicted molar refractivity (Wildman–Crippen MR) is 94.9 cm³/mol. The number of fused-ring (bicyclic) bond motifs is 1. The summed E-state index contributed by atoms with van der Waals surface area (Å²) in [5.41, 5.74) is -0.402. The number of piperazine rings is 1. The number of anilines is 1. The van der Waals surface area contributed by atoms with Gasteiger partial charge in [-0.15, -0.1) is 0 Å². The van der Waals surface area contributed by atoms with Gasteiger partial charge in [-0.05, 0) is 24.3 Å². The largest absolute Gasteiger partial charge is 0.454 e. The Balaban J connectivity index is 1.43. The molecule has 148 valence electrons. The average Bonchev–Trinajstić information content (AvgIpc) is 3.14. The molecule has 3 heterocycles. The lowest BCUT2D eigenvalue weighted by Gasteiger charge is -2.35. The van der Waals surface area contributed by atoms with Gasteiger partial charge in [-0.3, -0.25) is 4.79 Å². The summed E-state index contributed by atoms with van der Waals surface area (Å²) in [6.07, 6.45) is -3.73. The van der Waals surface area contributed by atoms with E-state index in [-0.39, 0.29) is 23.5 Å². The van der Waals surface area contributed by atoms with Crippen LogP contribution in [-0.4, -0.2) is 48.8 Å². The first-order valence-corrected chi connectivity index (χ1v) is 8.87. The third kappa shape index (κ3) is 3.54. The number of hydrogen-bond acceptors (Lipinski definition) is 5. The highest BCUT2D eigenvalue weighted by molar-refractivity contribution is 6.33. The van der Waals surface area contributed by atoms with Crippen LogP contribution in [0.3, 0.4) is 0 Å². The molecule has 2 aliphatic heterocycles. The predicted octanol–water partition coefficient (Wildman–Crippen LogP) is 3.44. The maximum atomic E-state index is 12.8. The van der Waals surface area contributed by atoms with Crippen molar-refractivity contribution in [3.8, 4) is 11.5 Å². The fourth-order valence-electron chi connectivity index (χ4n) is 3.15. The molecule has 1 saturated heterocycles. The van der Waals surface area contributed by atoms with Crippen LogP contribution >= 0.6 is 11.6 Å². The first-order valence-electron chi connectivity index (χ1n) is 8.49. The second kappa shape index (κ2) is 7.05. The molecule has 1 fully saturated rings. The lowest BCUT2D eigenvalue weighted by molar-refractivity contribution is -0.137. The van der Waals surface area contributed by atoms with Gasteiger partial charge in [-0.2, -0.15) is 13.2 Å². The van der Waals surface area contributed by atoms with Crippen molar-refractivity contribution in [2.75, 3.05) is 37.9 Å². The second-order valence-electron chi connectivity index (χ2n) is 6.37. The molecule has 2 aromatic rings. The van der Waals surface area contributed by atoms with Crippen molar-refractivity contribution >= 4 is 23.3 Å². The Hall–Kier alpha value is -2.68. The Bertz CT molecular complexity index is 915. The molecule has 0 atom stereocenters. The van der Waals surface area contributed by atoms with Gasteiger partial charge in [0.15, 0.2) is 11.5 Å². The molecule has 0 spiro atoms. The summed E-state index contributed by atoms with van der Waals surface area (Å²) in [5, 5.41) is -0.0645. The van der Waals surface area contributed by atoms with E-state index < -0.39 is 11.7 Å². The van der Waals surface area contributed by atoms with Crippen LogP contribution in [0.2, 0.25) is 5.02 Å². The lowest BCUT2D eigenvalue weighted by Crippen LogP contribution is -2.49. The van der Waals surface area contributed by atoms with Gasteiger partial charge in [-0.25, -0.2) is 4.98 Å². The molecular weight excluding hydrogens is 399 g/mol. The van der Waals surface area contributed by atoms with E-state index in [0.29, 0.717) is 43.2 Å². The van der Waals surface area contributed by atoms with E-state index in [1.807, 2.05) is 0 Å². The molecular formula is C18H15ClF3N3O3. The van der Waals surface area contributed by atoms with Gasteiger partial charge in [0, 0.05) is 37.9 Å². The van der Waals surface area contributed by atoms with Crippen LogP contribution in [0.1, 0.15) is 15.9 Å². The number of carbonyl (C=O) groups is 1. The van der Waals surface area contributed by atoms with Crippen LogP contribution in [0.4, 0.5) is 19.0 Å². The van der Waals surface area contributed by atoms with Crippen molar-refractivity contribution in [1.82, 2.24) is 9.88 Å².